The van der Waals surface area contributed by atoms with Gasteiger partial charge in [0, 0.05) is 18.8 Å². The van der Waals surface area contributed by atoms with Crippen molar-refractivity contribution >= 4 is 23.2 Å². The van der Waals surface area contributed by atoms with Gasteiger partial charge in [0.25, 0.3) is 5.91 Å². The van der Waals surface area contributed by atoms with Crippen molar-refractivity contribution in [2.75, 3.05) is 0 Å². The lowest BCUT2D eigenvalue weighted by Gasteiger charge is -2.27. The fourth-order valence-corrected chi connectivity index (χ4v) is 3.11. The molecule has 2 heterocycles. The molecule has 4 nitrogen and oxygen atoms in total. The molecule has 0 fully saturated rings. The Hall–Kier alpha value is -2.33. The maximum absolute atomic E-state index is 13.4. The summed E-state index contributed by atoms with van der Waals surface area (Å²) in [5.41, 5.74) is 3.25. The van der Waals surface area contributed by atoms with Crippen LogP contribution in [0.4, 0.5) is 0 Å². The molecule has 3 rings (SSSR count). The molecule has 130 valence electrons. The fraction of sp³-hybridized carbons (Fsp3) is 0.300. The van der Waals surface area contributed by atoms with Crippen molar-refractivity contribution in [3.8, 4) is 0 Å². The Kier molecular flexibility index (Phi) is 5.09. The minimum absolute atomic E-state index is 0.0227. The number of benzene rings is 1. The summed E-state index contributed by atoms with van der Waals surface area (Å²) in [5, 5.41) is 0.584. The van der Waals surface area contributed by atoms with E-state index in [4.69, 9.17) is 11.6 Å². The summed E-state index contributed by atoms with van der Waals surface area (Å²) in [6.07, 6.45) is 2.45. The average Bonchev–Trinajstić information content (AvgIpc) is 2.97. The average molecular weight is 356 g/mol. The molecule has 0 aliphatic carbocycles. The Morgan fingerprint density at radius 2 is 1.92 bits per heavy atom. The van der Waals surface area contributed by atoms with Gasteiger partial charge in [-0.15, -0.1) is 0 Å². The number of hydrogen-bond donors (Lipinski definition) is 0. The number of carbonyl (C=O) groups is 1. The number of rotatable bonds is 5. The predicted octanol–water partition coefficient (Wildman–Crippen LogP) is 4.60. The Morgan fingerprint density at radius 3 is 2.56 bits per heavy atom. The highest BCUT2D eigenvalue weighted by molar-refractivity contribution is 6.30. The van der Waals surface area contributed by atoms with Gasteiger partial charge in [0.15, 0.2) is 0 Å². The van der Waals surface area contributed by atoms with Gasteiger partial charge in [-0.1, -0.05) is 48.9 Å². The molecule has 0 saturated carbocycles. The minimum atomic E-state index is -0.0227. The molecule has 0 bridgehead atoms. The number of hydrogen-bond acceptors (Lipinski definition) is 2. The lowest BCUT2D eigenvalue weighted by Crippen LogP contribution is -2.37. The highest BCUT2D eigenvalue weighted by Crippen LogP contribution is 2.21. The van der Waals surface area contributed by atoms with Gasteiger partial charge in [0.2, 0.25) is 0 Å². The summed E-state index contributed by atoms with van der Waals surface area (Å²) >= 11 is 6.15. The van der Waals surface area contributed by atoms with Gasteiger partial charge < -0.3 is 4.90 Å². The monoisotopic (exact) mass is 355 g/mol. The van der Waals surface area contributed by atoms with Crippen molar-refractivity contribution in [2.24, 2.45) is 0 Å². The second kappa shape index (κ2) is 7.28. The number of carbonyl (C=O) groups excluding carboxylic acids is 1. The van der Waals surface area contributed by atoms with E-state index in [2.05, 4.69) is 4.98 Å². The number of halogens is 1. The van der Waals surface area contributed by atoms with Gasteiger partial charge in [-0.05, 0) is 38.0 Å². The normalized spacial score (nSPS) is 11.2. The van der Waals surface area contributed by atoms with E-state index in [0.717, 1.165) is 16.9 Å². The molecule has 0 aliphatic rings. The van der Waals surface area contributed by atoms with Crippen LogP contribution >= 0.6 is 11.6 Å². The highest BCUT2D eigenvalue weighted by atomic mass is 35.5. The predicted molar refractivity (Wildman–Crippen MR) is 101 cm³/mol. The summed E-state index contributed by atoms with van der Waals surface area (Å²) in [6.45, 7) is 6.64. The first-order chi connectivity index (χ1) is 12.0. The van der Waals surface area contributed by atoms with Crippen LogP contribution in [0.25, 0.3) is 5.65 Å². The van der Waals surface area contributed by atoms with E-state index in [9.17, 15) is 4.79 Å². The van der Waals surface area contributed by atoms with Crippen LogP contribution in [0.3, 0.4) is 0 Å². The number of nitrogens with zero attached hydrogens (tertiary/aromatic N) is 3. The molecule has 0 spiro atoms. The van der Waals surface area contributed by atoms with Crippen molar-refractivity contribution in [3.63, 3.8) is 0 Å². The number of amides is 1. The van der Waals surface area contributed by atoms with E-state index in [0.29, 0.717) is 23.7 Å². The smallest absolute Gasteiger partial charge is 0.273 e. The lowest BCUT2D eigenvalue weighted by atomic mass is 10.1. The Morgan fingerprint density at radius 1 is 1.20 bits per heavy atom. The molecule has 0 saturated heterocycles. The second-order valence-electron chi connectivity index (χ2n) is 6.35. The van der Waals surface area contributed by atoms with Crippen LogP contribution in [-0.2, 0) is 13.0 Å². The number of pyridine rings is 1. The van der Waals surface area contributed by atoms with E-state index in [-0.39, 0.29) is 11.9 Å². The first-order valence-electron chi connectivity index (χ1n) is 8.52. The van der Waals surface area contributed by atoms with Crippen LogP contribution in [-0.4, -0.2) is 26.2 Å². The SMILES string of the molecule is CCc1nc2ccc(Cl)cn2c1C(=O)N(Cc1ccccc1)C(C)C. The lowest BCUT2D eigenvalue weighted by molar-refractivity contribution is 0.0682. The van der Waals surface area contributed by atoms with Crippen LogP contribution in [0.1, 0.15) is 42.5 Å². The summed E-state index contributed by atoms with van der Waals surface area (Å²) in [4.78, 5) is 19.9. The Bertz CT molecular complexity index is 887. The van der Waals surface area contributed by atoms with Crippen molar-refractivity contribution in [1.82, 2.24) is 14.3 Å². The van der Waals surface area contributed by atoms with Crippen molar-refractivity contribution in [3.05, 3.63) is 70.6 Å². The van der Waals surface area contributed by atoms with E-state index in [1.165, 1.54) is 0 Å². The molecular weight excluding hydrogens is 334 g/mol. The summed E-state index contributed by atoms with van der Waals surface area (Å²) in [5.74, 6) is -0.0227. The second-order valence-corrected chi connectivity index (χ2v) is 6.79. The number of imidazole rings is 1. The molecular formula is C20H22ClN3O. The third kappa shape index (κ3) is 3.54. The number of aromatic nitrogens is 2. The molecule has 0 N–H and O–H groups in total. The van der Waals surface area contributed by atoms with Crippen LogP contribution in [0.15, 0.2) is 48.7 Å². The maximum Gasteiger partial charge on any atom is 0.273 e. The van der Waals surface area contributed by atoms with Gasteiger partial charge in [0.05, 0.1) is 10.7 Å². The summed E-state index contributed by atoms with van der Waals surface area (Å²) in [7, 11) is 0. The zero-order valence-corrected chi connectivity index (χ0v) is 15.5. The van der Waals surface area contributed by atoms with Gasteiger partial charge in [-0.2, -0.15) is 0 Å². The topological polar surface area (TPSA) is 37.6 Å². The van der Waals surface area contributed by atoms with Crippen molar-refractivity contribution in [2.45, 2.75) is 39.8 Å². The van der Waals surface area contributed by atoms with E-state index in [1.54, 1.807) is 12.3 Å². The number of aryl methyl sites for hydroxylation is 1. The summed E-state index contributed by atoms with van der Waals surface area (Å²) < 4.78 is 1.81. The molecule has 5 heteroatoms. The molecule has 1 amide bonds. The molecule has 25 heavy (non-hydrogen) atoms. The third-order valence-corrected chi connectivity index (χ3v) is 4.50. The quantitative estimate of drug-likeness (QED) is 0.670. The first kappa shape index (κ1) is 17.5. The molecule has 1 aromatic carbocycles. The third-order valence-electron chi connectivity index (χ3n) is 4.27. The van der Waals surface area contributed by atoms with Crippen LogP contribution < -0.4 is 0 Å². The van der Waals surface area contributed by atoms with Gasteiger partial charge in [0.1, 0.15) is 11.3 Å². The Labute approximate surface area is 153 Å². The molecule has 0 aliphatic heterocycles. The maximum atomic E-state index is 13.4. The zero-order valence-electron chi connectivity index (χ0n) is 14.7. The minimum Gasteiger partial charge on any atom is -0.331 e. The van der Waals surface area contributed by atoms with E-state index in [1.807, 2.05) is 66.5 Å². The van der Waals surface area contributed by atoms with Gasteiger partial charge >= 0.3 is 0 Å². The fourth-order valence-electron chi connectivity index (χ4n) is 2.95. The summed E-state index contributed by atoms with van der Waals surface area (Å²) in [6, 6.07) is 13.7. The van der Waals surface area contributed by atoms with Crippen LogP contribution in [0, 0.1) is 0 Å². The van der Waals surface area contributed by atoms with Gasteiger partial charge in [-0.3, -0.25) is 9.20 Å². The molecule has 3 aromatic rings. The standard InChI is InChI=1S/C20H22ClN3O/c1-4-17-19(24-13-16(21)10-11-18(24)22-17)20(25)23(14(2)3)12-15-8-6-5-7-9-15/h5-11,13-14H,4,12H2,1-3H3. The Balaban J connectivity index is 2.05. The van der Waals surface area contributed by atoms with Crippen LogP contribution in [0.2, 0.25) is 5.02 Å². The number of fused-ring (bicyclic) bond motifs is 1. The van der Waals surface area contributed by atoms with E-state index < -0.39 is 0 Å². The molecule has 0 unspecified atom stereocenters. The molecule has 0 radical (unpaired) electrons. The molecule has 0 atom stereocenters. The first-order valence-corrected chi connectivity index (χ1v) is 8.90. The largest absolute Gasteiger partial charge is 0.331 e. The van der Waals surface area contributed by atoms with Crippen molar-refractivity contribution in [1.29, 1.82) is 0 Å². The molecule has 2 aromatic heterocycles. The van der Waals surface area contributed by atoms with Crippen molar-refractivity contribution < 1.29 is 4.79 Å². The van der Waals surface area contributed by atoms with E-state index >= 15 is 0 Å². The highest BCUT2D eigenvalue weighted by Gasteiger charge is 2.25. The van der Waals surface area contributed by atoms with Gasteiger partial charge in [-0.25, -0.2) is 4.98 Å². The van der Waals surface area contributed by atoms with Crippen LogP contribution in [0.5, 0.6) is 0 Å². The zero-order chi connectivity index (χ0) is 18.0.